The lowest BCUT2D eigenvalue weighted by Gasteiger charge is -2.06. The number of rotatable bonds is 4. The van der Waals surface area contributed by atoms with Crippen molar-refractivity contribution < 1.29 is 14.0 Å². The Morgan fingerprint density at radius 1 is 1.29 bits per heavy atom. The van der Waals surface area contributed by atoms with Crippen molar-refractivity contribution >= 4 is 29.1 Å². The summed E-state index contributed by atoms with van der Waals surface area (Å²) in [6.45, 7) is -0.427. The molecule has 0 aliphatic heterocycles. The van der Waals surface area contributed by atoms with Crippen molar-refractivity contribution in [3.8, 4) is 0 Å². The van der Waals surface area contributed by atoms with Gasteiger partial charge in [0, 0.05) is 10.7 Å². The van der Waals surface area contributed by atoms with Crippen molar-refractivity contribution in [3.63, 3.8) is 0 Å². The van der Waals surface area contributed by atoms with Crippen molar-refractivity contribution in [2.24, 2.45) is 5.73 Å². The molecule has 1 aromatic rings. The minimum absolute atomic E-state index is 0.172. The molecule has 0 aliphatic carbocycles. The SMILES string of the molecule is NCC(=O)NCC(=O)Nc1cc(F)cc(Cl)c1. The Labute approximate surface area is 102 Å². The van der Waals surface area contributed by atoms with Crippen LogP contribution in [0.15, 0.2) is 18.2 Å². The maximum absolute atomic E-state index is 12.9. The van der Waals surface area contributed by atoms with Gasteiger partial charge in [-0.25, -0.2) is 4.39 Å². The molecule has 0 saturated carbocycles. The molecule has 0 saturated heterocycles. The van der Waals surface area contributed by atoms with Gasteiger partial charge in [0.25, 0.3) is 0 Å². The molecule has 0 bridgehead atoms. The van der Waals surface area contributed by atoms with E-state index in [2.05, 4.69) is 10.6 Å². The quantitative estimate of drug-likeness (QED) is 0.736. The molecule has 17 heavy (non-hydrogen) atoms. The van der Waals surface area contributed by atoms with Crippen LogP contribution < -0.4 is 16.4 Å². The highest BCUT2D eigenvalue weighted by atomic mass is 35.5. The Bertz CT molecular complexity index is 419. The van der Waals surface area contributed by atoms with Crippen molar-refractivity contribution in [2.75, 3.05) is 18.4 Å². The smallest absolute Gasteiger partial charge is 0.243 e. The zero-order chi connectivity index (χ0) is 12.8. The molecule has 4 N–H and O–H groups in total. The number of hydrogen-bond donors (Lipinski definition) is 3. The van der Waals surface area contributed by atoms with Crippen LogP contribution in [0, 0.1) is 5.82 Å². The van der Waals surface area contributed by atoms with E-state index < -0.39 is 17.6 Å². The third-order valence-electron chi connectivity index (χ3n) is 1.78. The maximum atomic E-state index is 12.9. The Morgan fingerprint density at radius 2 is 2.00 bits per heavy atom. The zero-order valence-electron chi connectivity index (χ0n) is 8.80. The van der Waals surface area contributed by atoms with Gasteiger partial charge in [-0.1, -0.05) is 11.6 Å². The monoisotopic (exact) mass is 259 g/mol. The molecule has 0 aliphatic rings. The Hall–Kier alpha value is -1.66. The summed E-state index contributed by atoms with van der Waals surface area (Å²) >= 11 is 5.61. The molecule has 0 spiro atoms. The summed E-state index contributed by atoms with van der Waals surface area (Å²) in [5.74, 6) is -1.50. The van der Waals surface area contributed by atoms with E-state index in [9.17, 15) is 14.0 Å². The molecule has 2 amide bonds. The number of hydrogen-bond acceptors (Lipinski definition) is 3. The fourth-order valence-electron chi connectivity index (χ4n) is 1.08. The first kappa shape index (κ1) is 13.4. The lowest BCUT2D eigenvalue weighted by molar-refractivity contribution is -0.123. The van der Waals surface area contributed by atoms with Crippen molar-refractivity contribution in [3.05, 3.63) is 29.0 Å². The Balaban J connectivity index is 2.53. The molecule has 7 heteroatoms. The third kappa shape index (κ3) is 4.80. The zero-order valence-corrected chi connectivity index (χ0v) is 9.55. The predicted molar refractivity (Wildman–Crippen MR) is 62.1 cm³/mol. The Kier molecular flexibility index (Phi) is 4.86. The van der Waals surface area contributed by atoms with E-state index in [1.54, 1.807) is 0 Å². The van der Waals surface area contributed by atoms with Gasteiger partial charge >= 0.3 is 0 Å². The second-order valence-electron chi connectivity index (χ2n) is 3.19. The fourth-order valence-corrected chi connectivity index (χ4v) is 1.30. The normalized spacial score (nSPS) is 9.82. The first-order chi connectivity index (χ1) is 8.01. The highest BCUT2D eigenvalue weighted by Crippen LogP contribution is 2.17. The number of nitrogens with two attached hydrogens (primary N) is 1. The van der Waals surface area contributed by atoms with E-state index in [0.717, 1.165) is 12.1 Å². The van der Waals surface area contributed by atoms with Crippen LogP contribution in [0.3, 0.4) is 0 Å². The summed E-state index contributed by atoms with van der Waals surface area (Å²) in [6.07, 6.45) is 0. The van der Waals surface area contributed by atoms with Gasteiger partial charge < -0.3 is 16.4 Å². The van der Waals surface area contributed by atoms with E-state index in [1.165, 1.54) is 6.07 Å². The average Bonchev–Trinajstić information content (AvgIpc) is 2.24. The van der Waals surface area contributed by atoms with Gasteiger partial charge in [0.15, 0.2) is 0 Å². The van der Waals surface area contributed by atoms with Gasteiger partial charge in [0.2, 0.25) is 11.8 Å². The molecule has 5 nitrogen and oxygen atoms in total. The van der Waals surface area contributed by atoms with Gasteiger partial charge in [-0.3, -0.25) is 9.59 Å². The van der Waals surface area contributed by atoms with Gasteiger partial charge in [0.05, 0.1) is 13.1 Å². The van der Waals surface area contributed by atoms with Crippen LogP contribution in [0.25, 0.3) is 0 Å². The second-order valence-corrected chi connectivity index (χ2v) is 3.62. The number of benzene rings is 1. The van der Waals surface area contributed by atoms with Crippen molar-refractivity contribution in [1.29, 1.82) is 0 Å². The Morgan fingerprint density at radius 3 is 2.59 bits per heavy atom. The summed E-state index contributed by atoms with van der Waals surface area (Å²) in [6, 6.07) is 3.63. The van der Waals surface area contributed by atoms with Crippen molar-refractivity contribution in [1.82, 2.24) is 5.32 Å². The summed E-state index contributed by atoms with van der Waals surface area (Å²) in [5, 5.41) is 4.84. The number of carbonyl (C=O) groups excluding carboxylic acids is 2. The van der Waals surface area contributed by atoms with Gasteiger partial charge in [-0.05, 0) is 18.2 Å². The number of nitrogens with one attached hydrogen (secondary N) is 2. The molecule has 92 valence electrons. The van der Waals surface area contributed by atoms with E-state index >= 15 is 0 Å². The highest BCUT2D eigenvalue weighted by molar-refractivity contribution is 6.30. The number of amides is 2. The summed E-state index contributed by atoms with van der Waals surface area (Å²) in [5.41, 5.74) is 5.26. The third-order valence-corrected chi connectivity index (χ3v) is 2.00. The first-order valence-corrected chi connectivity index (χ1v) is 5.12. The molecule has 0 fully saturated rings. The lowest BCUT2D eigenvalue weighted by atomic mass is 10.3. The highest BCUT2D eigenvalue weighted by Gasteiger charge is 2.06. The van der Waals surface area contributed by atoms with E-state index in [1.807, 2.05) is 0 Å². The van der Waals surface area contributed by atoms with Crippen molar-refractivity contribution in [2.45, 2.75) is 0 Å². The van der Waals surface area contributed by atoms with E-state index in [0.29, 0.717) is 0 Å². The van der Waals surface area contributed by atoms with Crippen LogP contribution in [0.1, 0.15) is 0 Å². The lowest BCUT2D eigenvalue weighted by Crippen LogP contribution is -2.36. The number of anilines is 1. The molecule has 0 unspecified atom stereocenters. The topological polar surface area (TPSA) is 84.2 Å². The molecule has 0 aromatic heterocycles. The van der Waals surface area contributed by atoms with Crippen LogP contribution in [-0.2, 0) is 9.59 Å². The maximum Gasteiger partial charge on any atom is 0.243 e. The van der Waals surface area contributed by atoms with Crippen LogP contribution >= 0.6 is 11.6 Å². The summed E-state index contributed by atoms with van der Waals surface area (Å²) in [4.78, 5) is 22.1. The standard InChI is InChI=1S/C10H11ClFN3O2/c11-6-1-7(12)3-8(2-6)15-10(17)5-14-9(16)4-13/h1-3H,4-5,13H2,(H,14,16)(H,15,17). The van der Waals surface area contributed by atoms with Crippen LogP contribution in [0.5, 0.6) is 0 Å². The number of carbonyl (C=O) groups is 2. The van der Waals surface area contributed by atoms with Gasteiger partial charge in [-0.15, -0.1) is 0 Å². The predicted octanol–water partition coefficient (Wildman–Crippen LogP) is 0.492. The molecule has 1 aromatic carbocycles. The minimum atomic E-state index is -0.557. The summed E-state index contributed by atoms with van der Waals surface area (Å²) < 4.78 is 12.9. The largest absolute Gasteiger partial charge is 0.346 e. The molecule has 1 rings (SSSR count). The second kappa shape index (κ2) is 6.17. The molecule has 0 atom stereocenters. The molecule has 0 radical (unpaired) electrons. The molecular formula is C10H11ClFN3O2. The first-order valence-electron chi connectivity index (χ1n) is 4.74. The van der Waals surface area contributed by atoms with Crippen LogP contribution in [0.4, 0.5) is 10.1 Å². The van der Waals surface area contributed by atoms with Gasteiger partial charge in [0.1, 0.15) is 5.82 Å². The molecule has 0 heterocycles. The fraction of sp³-hybridized carbons (Fsp3) is 0.200. The van der Waals surface area contributed by atoms with E-state index in [4.69, 9.17) is 17.3 Å². The summed E-state index contributed by atoms with van der Waals surface area (Å²) in [7, 11) is 0. The van der Waals surface area contributed by atoms with Crippen LogP contribution in [0.2, 0.25) is 5.02 Å². The van der Waals surface area contributed by atoms with Crippen LogP contribution in [-0.4, -0.2) is 24.9 Å². The van der Waals surface area contributed by atoms with E-state index in [-0.39, 0.29) is 23.8 Å². The minimum Gasteiger partial charge on any atom is -0.346 e. The number of halogens is 2. The average molecular weight is 260 g/mol. The van der Waals surface area contributed by atoms with Gasteiger partial charge in [-0.2, -0.15) is 0 Å². The molecular weight excluding hydrogens is 249 g/mol.